The number of carbonyl (C=O) groups excluding carboxylic acids is 1. The first kappa shape index (κ1) is 17.0. The van der Waals surface area contributed by atoms with E-state index in [0.29, 0.717) is 5.56 Å². The number of nitrogens with zero attached hydrogens (tertiary/aromatic N) is 2. The Morgan fingerprint density at radius 2 is 2.09 bits per heavy atom. The Labute approximate surface area is 134 Å². The molecule has 0 unspecified atom stereocenters. The predicted molar refractivity (Wildman–Crippen MR) is 84.5 cm³/mol. The Bertz CT molecular complexity index is 782. The van der Waals surface area contributed by atoms with Gasteiger partial charge in [-0.25, -0.2) is 12.8 Å². The highest BCUT2D eigenvalue weighted by Crippen LogP contribution is 2.11. The van der Waals surface area contributed by atoms with Crippen LogP contribution in [0.1, 0.15) is 5.56 Å². The summed E-state index contributed by atoms with van der Waals surface area (Å²) in [6.07, 6.45) is 4.13. The Kier molecular flexibility index (Phi) is 5.41. The number of hydrogen-bond donors (Lipinski definition) is 1. The molecule has 0 aliphatic carbocycles. The molecule has 0 aliphatic rings. The van der Waals surface area contributed by atoms with Crippen molar-refractivity contribution in [2.75, 3.05) is 18.1 Å². The van der Waals surface area contributed by atoms with Crippen LogP contribution in [0.15, 0.2) is 48.8 Å². The fourth-order valence-electron chi connectivity index (χ4n) is 1.91. The number of rotatable bonds is 6. The minimum Gasteiger partial charge on any atom is -0.325 e. The molecule has 0 saturated carbocycles. The van der Waals surface area contributed by atoms with Crippen molar-refractivity contribution in [3.63, 3.8) is 0 Å². The maximum Gasteiger partial charge on any atom is 0.239 e. The maximum absolute atomic E-state index is 13.1. The molecule has 2 rings (SSSR count). The summed E-state index contributed by atoms with van der Waals surface area (Å²) in [7, 11) is -3.59. The van der Waals surface area contributed by atoms with Gasteiger partial charge in [-0.15, -0.1) is 0 Å². The van der Waals surface area contributed by atoms with Crippen molar-refractivity contribution in [3.05, 3.63) is 60.2 Å². The summed E-state index contributed by atoms with van der Waals surface area (Å²) in [6.45, 7) is -0.340. The van der Waals surface area contributed by atoms with Crippen molar-refractivity contribution >= 4 is 21.6 Å². The lowest BCUT2D eigenvalue weighted by Gasteiger charge is -2.19. The SMILES string of the molecule is CS(=O)(=O)N(CC(=O)Nc1cccc(F)c1)Cc1cccnc1. The summed E-state index contributed by atoms with van der Waals surface area (Å²) < 4.78 is 37.8. The van der Waals surface area contributed by atoms with Crippen molar-refractivity contribution < 1.29 is 17.6 Å². The van der Waals surface area contributed by atoms with Gasteiger partial charge in [-0.05, 0) is 29.8 Å². The lowest BCUT2D eigenvalue weighted by molar-refractivity contribution is -0.116. The fraction of sp³-hybridized carbons (Fsp3) is 0.200. The van der Waals surface area contributed by atoms with E-state index in [1.807, 2.05) is 0 Å². The van der Waals surface area contributed by atoms with Gasteiger partial charge in [-0.1, -0.05) is 12.1 Å². The minimum absolute atomic E-state index is 0.0310. The first-order valence-corrected chi connectivity index (χ1v) is 8.59. The molecule has 1 amide bonds. The number of anilines is 1. The Hall–Kier alpha value is -2.32. The first-order chi connectivity index (χ1) is 10.8. The number of nitrogens with one attached hydrogen (secondary N) is 1. The molecule has 1 aromatic carbocycles. The molecule has 0 radical (unpaired) electrons. The smallest absolute Gasteiger partial charge is 0.239 e. The third-order valence-corrected chi connectivity index (χ3v) is 4.18. The molecule has 0 aliphatic heterocycles. The second-order valence-electron chi connectivity index (χ2n) is 4.95. The molecule has 6 nitrogen and oxygen atoms in total. The first-order valence-electron chi connectivity index (χ1n) is 6.74. The molecular formula is C15H16FN3O3S. The van der Waals surface area contributed by atoms with Gasteiger partial charge in [0.2, 0.25) is 15.9 Å². The molecule has 0 spiro atoms. The zero-order chi connectivity index (χ0) is 16.9. The van der Waals surface area contributed by atoms with Gasteiger partial charge >= 0.3 is 0 Å². The second kappa shape index (κ2) is 7.30. The van der Waals surface area contributed by atoms with Crippen LogP contribution < -0.4 is 5.32 Å². The standard InChI is InChI=1S/C15H16FN3O3S/c1-23(21,22)19(10-12-4-3-7-17-9-12)11-15(20)18-14-6-2-5-13(16)8-14/h2-9H,10-11H2,1H3,(H,18,20). The van der Waals surface area contributed by atoms with Crippen LogP contribution in [-0.2, 0) is 21.4 Å². The van der Waals surface area contributed by atoms with Gasteiger partial charge in [0.15, 0.2) is 0 Å². The molecule has 0 saturated heterocycles. The van der Waals surface area contributed by atoms with E-state index in [1.165, 1.54) is 24.4 Å². The number of pyridine rings is 1. The molecule has 1 heterocycles. The van der Waals surface area contributed by atoms with E-state index in [1.54, 1.807) is 18.3 Å². The molecule has 23 heavy (non-hydrogen) atoms. The molecule has 1 aromatic heterocycles. The summed E-state index contributed by atoms with van der Waals surface area (Å²) >= 11 is 0. The average Bonchev–Trinajstić information content (AvgIpc) is 2.46. The van der Waals surface area contributed by atoms with Gasteiger partial charge < -0.3 is 5.32 Å². The molecular weight excluding hydrogens is 321 g/mol. The van der Waals surface area contributed by atoms with E-state index in [2.05, 4.69) is 10.3 Å². The third-order valence-electron chi connectivity index (χ3n) is 2.98. The highest BCUT2D eigenvalue weighted by Gasteiger charge is 2.20. The summed E-state index contributed by atoms with van der Waals surface area (Å²) in [4.78, 5) is 15.9. The van der Waals surface area contributed by atoms with Gasteiger partial charge in [-0.2, -0.15) is 4.31 Å². The number of aromatic nitrogens is 1. The average molecular weight is 337 g/mol. The summed E-state index contributed by atoms with van der Waals surface area (Å²) in [5.41, 5.74) is 0.932. The number of hydrogen-bond acceptors (Lipinski definition) is 4. The van der Waals surface area contributed by atoms with Crippen molar-refractivity contribution in [1.29, 1.82) is 0 Å². The number of benzene rings is 1. The van der Waals surface area contributed by atoms with Crippen molar-refractivity contribution in [1.82, 2.24) is 9.29 Å². The van der Waals surface area contributed by atoms with Gasteiger partial charge in [0, 0.05) is 24.6 Å². The zero-order valence-corrected chi connectivity index (χ0v) is 13.3. The molecule has 0 fully saturated rings. The van der Waals surface area contributed by atoms with Gasteiger partial charge in [0.1, 0.15) is 5.82 Å². The number of sulfonamides is 1. The molecule has 2 aromatic rings. The van der Waals surface area contributed by atoms with Crippen LogP contribution in [0.25, 0.3) is 0 Å². The van der Waals surface area contributed by atoms with Gasteiger partial charge in [0.05, 0.1) is 12.8 Å². The van der Waals surface area contributed by atoms with E-state index >= 15 is 0 Å². The molecule has 0 bridgehead atoms. The van der Waals surface area contributed by atoms with Crippen LogP contribution in [0.3, 0.4) is 0 Å². The van der Waals surface area contributed by atoms with E-state index in [4.69, 9.17) is 0 Å². The Morgan fingerprint density at radius 3 is 2.70 bits per heavy atom. The quantitative estimate of drug-likeness (QED) is 0.869. The lowest BCUT2D eigenvalue weighted by Crippen LogP contribution is -2.36. The highest BCUT2D eigenvalue weighted by molar-refractivity contribution is 7.88. The van der Waals surface area contributed by atoms with Crippen molar-refractivity contribution in [3.8, 4) is 0 Å². The van der Waals surface area contributed by atoms with E-state index in [9.17, 15) is 17.6 Å². The highest BCUT2D eigenvalue weighted by atomic mass is 32.2. The van der Waals surface area contributed by atoms with Crippen molar-refractivity contribution in [2.45, 2.75) is 6.54 Å². The molecule has 0 atom stereocenters. The Balaban J connectivity index is 2.07. The summed E-state index contributed by atoms with van der Waals surface area (Å²) in [6, 6.07) is 8.78. The van der Waals surface area contributed by atoms with Gasteiger partial charge in [0.25, 0.3) is 0 Å². The molecule has 1 N–H and O–H groups in total. The molecule has 8 heteroatoms. The lowest BCUT2D eigenvalue weighted by atomic mass is 10.3. The van der Waals surface area contributed by atoms with Crippen LogP contribution in [0.5, 0.6) is 0 Å². The van der Waals surface area contributed by atoms with Crippen LogP contribution in [0, 0.1) is 5.82 Å². The number of amides is 1. The summed E-state index contributed by atoms with van der Waals surface area (Å²) in [5.74, 6) is -1.04. The second-order valence-corrected chi connectivity index (χ2v) is 6.93. The number of halogens is 1. The van der Waals surface area contributed by atoms with E-state index < -0.39 is 21.7 Å². The van der Waals surface area contributed by atoms with Crippen LogP contribution in [0.2, 0.25) is 0 Å². The minimum atomic E-state index is -3.59. The fourth-order valence-corrected chi connectivity index (χ4v) is 2.65. The van der Waals surface area contributed by atoms with Crippen LogP contribution in [-0.4, -0.2) is 36.4 Å². The van der Waals surface area contributed by atoms with Crippen molar-refractivity contribution in [2.24, 2.45) is 0 Å². The van der Waals surface area contributed by atoms with E-state index in [-0.39, 0.29) is 18.8 Å². The topological polar surface area (TPSA) is 79.4 Å². The largest absolute Gasteiger partial charge is 0.325 e. The van der Waals surface area contributed by atoms with E-state index in [0.717, 1.165) is 16.6 Å². The zero-order valence-electron chi connectivity index (χ0n) is 12.4. The maximum atomic E-state index is 13.1. The normalized spacial score (nSPS) is 11.4. The van der Waals surface area contributed by atoms with Crippen LogP contribution >= 0.6 is 0 Å². The van der Waals surface area contributed by atoms with Gasteiger partial charge in [-0.3, -0.25) is 9.78 Å². The predicted octanol–water partition coefficient (Wildman–Crippen LogP) is 1.62. The molecule has 122 valence electrons. The third kappa shape index (κ3) is 5.42. The summed E-state index contributed by atoms with van der Waals surface area (Å²) in [5, 5.41) is 2.47. The monoisotopic (exact) mass is 337 g/mol. The number of carbonyl (C=O) groups is 1. The Morgan fingerprint density at radius 1 is 1.30 bits per heavy atom. The van der Waals surface area contributed by atoms with Crippen LogP contribution in [0.4, 0.5) is 10.1 Å².